The number of fused-ring (bicyclic) bond motifs is 1. The first-order valence-corrected chi connectivity index (χ1v) is 6.77. The number of nitrogens with zero attached hydrogens (tertiary/aromatic N) is 1. The van der Waals surface area contributed by atoms with Gasteiger partial charge in [0.1, 0.15) is 13.2 Å². The van der Waals surface area contributed by atoms with Gasteiger partial charge in [0.15, 0.2) is 11.5 Å². The summed E-state index contributed by atoms with van der Waals surface area (Å²) in [7, 11) is 3.31. The van der Waals surface area contributed by atoms with Gasteiger partial charge in [-0.3, -0.25) is 4.99 Å². The summed E-state index contributed by atoms with van der Waals surface area (Å²) in [6.45, 7) is 2.86. The lowest BCUT2D eigenvalue weighted by Gasteiger charge is -2.30. The molecule has 20 heavy (non-hydrogen) atoms. The zero-order valence-corrected chi connectivity index (χ0v) is 12.0. The van der Waals surface area contributed by atoms with Crippen LogP contribution in [0.1, 0.15) is 0 Å². The van der Waals surface area contributed by atoms with Gasteiger partial charge in [-0.15, -0.1) is 0 Å². The van der Waals surface area contributed by atoms with Crippen LogP contribution in [0.25, 0.3) is 0 Å². The maximum absolute atomic E-state index is 5.74. The van der Waals surface area contributed by atoms with Gasteiger partial charge in [-0.2, -0.15) is 0 Å². The molecule has 2 atom stereocenters. The van der Waals surface area contributed by atoms with Crippen molar-refractivity contribution in [3.8, 4) is 0 Å². The first-order valence-electron chi connectivity index (χ1n) is 6.77. The summed E-state index contributed by atoms with van der Waals surface area (Å²) < 4.78 is 21.5. The Kier molecular flexibility index (Phi) is 5.88. The summed E-state index contributed by atoms with van der Waals surface area (Å²) in [5.74, 6) is 1.81. The zero-order chi connectivity index (χ0) is 14.2. The SMILES string of the molecule is COCCOC1=CC2CN=CNC2C=C1OCCOC. The average Bonchev–Trinajstić information content (AvgIpc) is 2.48. The molecule has 0 saturated carbocycles. The summed E-state index contributed by atoms with van der Waals surface area (Å²) >= 11 is 0. The highest BCUT2D eigenvalue weighted by Gasteiger charge is 2.27. The Hall–Kier alpha value is -1.53. The van der Waals surface area contributed by atoms with Gasteiger partial charge in [0, 0.05) is 26.7 Å². The van der Waals surface area contributed by atoms with Gasteiger partial charge in [0.25, 0.3) is 0 Å². The van der Waals surface area contributed by atoms with Crippen molar-refractivity contribution >= 4 is 6.34 Å². The monoisotopic (exact) mass is 282 g/mol. The molecule has 0 aromatic carbocycles. The molecule has 2 aliphatic rings. The first-order chi connectivity index (χ1) is 9.85. The zero-order valence-electron chi connectivity index (χ0n) is 12.0. The lowest BCUT2D eigenvalue weighted by Crippen LogP contribution is -2.40. The van der Waals surface area contributed by atoms with E-state index in [1.54, 1.807) is 20.6 Å². The maximum atomic E-state index is 5.74. The van der Waals surface area contributed by atoms with Crippen LogP contribution in [0.3, 0.4) is 0 Å². The maximum Gasteiger partial charge on any atom is 0.159 e. The van der Waals surface area contributed by atoms with Crippen LogP contribution in [0.15, 0.2) is 28.7 Å². The third-order valence-electron chi connectivity index (χ3n) is 3.17. The molecule has 0 aromatic heterocycles. The fourth-order valence-electron chi connectivity index (χ4n) is 2.11. The molecular formula is C14H22N2O4. The molecule has 2 unspecified atom stereocenters. The van der Waals surface area contributed by atoms with Crippen LogP contribution in [-0.2, 0) is 18.9 Å². The van der Waals surface area contributed by atoms with Gasteiger partial charge in [-0.05, 0) is 12.2 Å². The first kappa shape index (κ1) is 14.9. The second kappa shape index (κ2) is 7.91. The van der Waals surface area contributed by atoms with E-state index in [2.05, 4.69) is 16.4 Å². The van der Waals surface area contributed by atoms with Gasteiger partial charge >= 0.3 is 0 Å². The molecule has 6 nitrogen and oxygen atoms in total. The fourth-order valence-corrected chi connectivity index (χ4v) is 2.11. The van der Waals surface area contributed by atoms with E-state index in [0.29, 0.717) is 32.3 Å². The molecule has 6 heteroatoms. The minimum atomic E-state index is 0.208. The quantitative estimate of drug-likeness (QED) is 0.664. The van der Waals surface area contributed by atoms with Crippen molar-refractivity contribution in [2.75, 3.05) is 47.2 Å². The Morgan fingerprint density at radius 3 is 2.35 bits per heavy atom. The summed E-state index contributed by atoms with van der Waals surface area (Å²) in [6.07, 6.45) is 5.87. The number of rotatable bonds is 8. The lowest BCUT2D eigenvalue weighted by atomic mass is 9.92. The minimum absolute atomic E-state index is 0.208. The van der Waals surface area contributed by atoms with E-state index < -0.39 is 0 Å². The molecule has 1 aliphatic heterocycles. The van der Waals surface area contributed by atoms with E-state index in [1.807, 2.05) is 6.08 Å². The van der Waals surface area contributed by atoms with E-state index in [0.717, 1.165) is 18.1 Å². The lowest BCUT2D eigenvalue weighted by molar-refractivity contribution is 0.0752. The van der Waals surface area contributed by atoms with Crippen molar-refractivity contribution in [3.63, 3.8) is 0 Å². The van der Waals surface area contributed by atoms with Crippen LogP contribution < -0.4 is 5.32 Å². The molecule has 0 spiro atoms. The molecule has 1 heterocycles. The summed E-state index contributed by atoms with van der Waals surface area (Å²) in [5, 5.41) is 3.23. The molecule has 2 rings (SSSR count). The highest BCUT2D eigenvalue weighted by atomic mass is 16.6. The van der Waals surface area contributed by atoms with Crippen molar-refractivity contribution in [2.24, 2.45) is 10.9 Å². The molecule has 0 bridgehead atoms. The van der Waals surface area contributed by atoms with Gasteiger partial charge in [-0.25, -0.2) is 0 Å². The van der Waals surface area contributed by atoms with Crippen molar-refractivity contribution in [1.29, 1.82) is 0 Å². The van der Waals surface area contributed by atoms with Gasteiger partial charge in [0.05, 0.1) is 25.6 Å². The second-order valence-corrected chi connectivity index (χ2v) is 4.59. The molecule has 0 fully saturated rings. The third kappa shape index (κ3) is 3.98. The van der Waals surface area contributed by atoms with Crippen molar-refractivity contribution in [2.45, 2.75) is 6.04 Å². The van der Waals surface area contributed by atoms with Crippen LogP contribution in [0, 0.1) is 5.92 Å². The van der Waals surface area contributed by atoms with Crippen molar-refractivity contribution in [1.82, 2.24) is 5.32 Å². The Bertz CT molecular complexity index is 357. The van der Waals surface area contributed by atoms with Crippen LogP contribution in [-0.4, -0.2) is 59.6 Å². The summed E-state index contributed by atoms with van der Waals surface area (Å²) in [6, 6.07) is 0.208. The third-order valence-corrected chi connectivity index (χ3v) is 3.17. The van der Waals surface area contributed by atoms with Crippen molar-refractivity contribution < 1.29 is 18.9 Å². The highest BCUT2D eigenvalue weighted by molar-refractivity contribution is 5.57. The molecule has 1 aliphatic carbocycles. The Balaban J connectivity index is 2.00. The molecule has 112 valence electrons. The standard InChI is InChI=1S/C14H22N2O4/c1-17-3-5-19-13-7-11-9-15-10-16-12(11)8-14(13)20-6-4-18-2/h7-8,10-12H,3-6,9H2,1-2H3,(H,15,16). The number of nitrogens with one attached hydrogen (secondary N) is 1. The molecular weight excluding hydrogens is 260 g/mol. The molecule has 1 N–H and O–H groups in total. The number of ether oxygens (including phenoxy) is 4. The predicted octanol–water partition coefficient (Wildman–Crippen LogP) is 0.710. The summed E-state index contributed by atoms with van der Waals surface area (Å²) in [5.41, 5.74) is 0. The van der Waals surface area contributed by atoms with Crippen LogP contribution >= 0.6 is 0 Å². The molecule has 0 amide bonds. The van der Waals surface area contributed by atoms with Crippen molar-refractivity contribution in [3.05, 3.63) is 23.7 Å². The average molecular weight is 282 g/mol. The fraction of sp³-hybridized carbons (Fsp3) is 0.643. The largest absolute Gasteiger partial charge is 0.488 e. The molecule has 0 aromatic rings. The van der Waals surface area contributed by atoms with E-state index in [1.165, 1.54) is 0 Å². The smallest absolute Gasteiger partial charge is 0.159 e. The van der Waals surface area contributed by atoms with E-state index in [9.17, 15) is 0 Å². The predicted molar refractivity (Wildman–Crippen MR) is 75.6 cm³/mol. The van der Waals surface area contributed by atoms with Crippen LogP contribution in [0.2, 0.25) is 0 Å². The number of hydrogen-bond acceptors (Lipinski definition) is 6. The Morgan fingerprint density at radius 1 is 1.05 bits per heavy atom. The van der Waals surface area contributed by atoms with Crippen LogP contribution in [0.4, 0.5) is 0 Å². The van der Waals surface area contributed by atoms with E-state index in [4.69, 9.17) is 18.9 Å². The van der Waals surface area contributed by atoms with E-state index >= 15 is 0 Å². The Morgan fingerprint density at radius 2 is 1.70 bits per heavy atom. The Labute approximate surface area is 119 Å². The van der Waals surface area contributed by atoms with E-state index in [-0.39, 0.29) is 6.04 Å². The molecule has 0 radical (unpaired) electrons. The molecule has 0 saturated heterocycles. The highest BCUT2D eigenvalue weighted by Crippen LogP contribution is 2.26. The normalized spacial score (nSPS) is 24.3. The van der Waals surface area contributed by atoms with Gasteiger partial charge < -0.3 is 24.3 Å². The minimum Gasteiger partial charge on any atom is -0.488 e. The van der Waals surface area contributed by atoms with Gasteiger partial charge in [0.2, 0.25) is 0 Å². The number of aliphatic imine (C=N–C) groups is 1. The topological polar surface area (TPSA) is 61.3 Å². The summed E-state index contributed by atoms with van der Waals surface area (Å²) in [4.78, 5) is 4.24. The number of methoxy groups -OCH3 is 2. The number of hydrogen-bond donors (Lipinski definition) is 1. The van der Waals surface area contributed by atoms with Crippen LogP contribution in [0.5, 0.6) is 0 Å². The van der Waals surface area contributed by atoms with Gasteiger partial charge in [-0.1, -0.05) is 0 Å². The second-order valence-electron chi connectivity index (χ2n) is 4.59.